The Morgan fingerprint density at radius 2 is 1.79 bits per heavy atom. The Labute approximate surface area is 82.0 Å². The molecule has 0 aromatic heterocycles. The van der Waals surface area contributed by atoms with Gasteiger partial charge in [-0.1, -0.05) is 0 Å². The number of carbonyl (C=O) groups is 2. The van der Waals surface area contributed by atoms with Gasteiger partial charge in [-0.05, 0) is 25.7 Å². The zero-order chi connectivity index (χ0) is 10.6. The lowest BCUT2D eigenvalue weighted by Gasteiger charge is -2.25. The number of esters is 1. The predicted molar refractivity (Wildman–Crippen MR) is 46.9 cm³/mol. The summed E-state index contributed by atoms with van der Waals surface area (Å²) in [6, 6.07) is 0. The molecule has 80 valence electrons. The van der Waals surface area contributed by atoms with E-state index in [4.69, 9.17) is 5.11 Å². The van der Waals surface area contributed by atoms with Crippen molar-refractivity contribution < 1.29 is 24.2 Å². The van der Waals surface area contributed by atoms with Crippen molar-refractivity contribution in [2.24, 2.45) is 5.92 Å². The van der Waals surface area contributed by atoms with Crippen LogP contribution < -0.4 is 0 Å². The third-order valence-electron chi connectivity index (χ3n) is 2.48. The number of ether oxygens (including phenoxy) is 2. The Hall–Kier alpha value is -1.26. The van der Waals surface area contributed by atoms with Gasteiger partial charge in [-0.25, -0.2) is 4.79 Å². The van der Waals surface area contributed by atoms with E-state index in [2.05, 4.69) is 9.47 Å². The molecule has 1 saturated carbocycles. The minimum atomic E-state index is -1.24. The van der Waals surface area contributed by atoms with Gasteiger partial charge >= 0.3 is 12.1 Å². The fourth-order valence-corrected chi connectivity index (χ4v) is 1.73. The van der Waals surface area contributed by atoms with Crippen molar-refractivity contribution in [1.29, 1.82) is 0 Å². The number of methoxy groups -OCH3 is 1. The average Bonchev–Trinajstić information content (AvgIpc) is 2.17. The van der Waals surface area contributed by atoms with E-state index in [0.717, 1.165) is 0 Å². The molecule has 0 unspecified atom stereocenters. The second-order valence-electron chi connectivity index (χ2n) is 3.38. The Bertz CT molecular complexity index is 217. The minimum Gasteiger partial charge on any atom is -0.469 e. The summed E-state index contributed by atoms with van der Waals surface area (Å²) in [5.74, 6) is -0.299. The van der Waals surface area contributed by atoms with Crippen LogP contribution in [-0.4, -0.2) is 30.4 Å². The summed E-state index contributed by atoms with van der Waals surface area (Å²) in [6.45, 7) is 0. The Morgan fingerprint density at radius 3 is 2.21 bits per heavy atom. The Morgan fingerprint density at radius 1 is 1.21 bits per heavy atom. The first kappa shape index (κ1) is 10.8. The van der Waals surface area contributed by atoms with Gasteiger partial charge in [-0.3, -0.25) is 4.79 Å². The lowest BCUT2D eigenvalue weighted by atomic mass is 9.87. The van der Waals surface area contributed by atoms with Gasteiger partial charge in [-0.15, -0.1) is 0 Å². The SMILES string of the molecule is COC(=O)C1CCC(OC(=O)O)CC1. The normalized spacial score (nSPS) is 26.6. The molecule has 0 spiro atoms. The summed E-state index contributed by atoms with van der Waals surface area (Å²) in [7, 11) is 1.36. The van der Waals surface area contributed by atoms with E-state index in [1.54, 1.807) is 0 Å². The van der Waals surface area contributed by atoms with E-state index in [1.165, 1.54) is 7.11 Å². The lowest BCUT2D eigenvalue weighted by Crippen LogP contribution is -2.28. The highest BCUT2D eigenvalue weighted by Crippen LogP contribution is 2.26. The summed E-state index contributed by atoms with van der Waals surface area (Å²) in [5.41, 5.74) is 0. The third kappa shape index (κ3) is 2.90. The van der Waals surface area contributed by atoms with Crippen molar-refractivity contribution in [1.82, 2.24) is 0 Å². The molecule has 0 aromatic rings. The minimum absolute atomic E-state index is 0.0892. The molecular formula is C9H14O5. The van der Waals surface area contributed by atoms with Crippen LogP contribution in [0.3, 0.4) is 0 Å². The van der Waals surface area contributed by atoms with Crippen molar-refractivity contribution in [3.63, 3.8) is 0 Å². The molecule has 0 radical (unpaired) electrons. The first-order valence-corrected chi connectivity index (χ1v) is 4.61. The molecule has 14 heavy (non-hydrogen) atoms. The van der Waals surface area contributed by atoms with Gasteiger partial charge in [0.25, 0.3) is 0 Å². The maximum atomic E-state index is 11.1. The summed E-state index contributed by atoms with van der Waals surface area (Å²) in [5, 5.41) is 8.37. The van der Waals surface area contributed by atoms with Crippen LogP contribution in [0.25, 0.3) is 0 Å². The van der Waals surface area contributed by atoms with Crippen LogP contribution in [0, 0.1) is 5.92 Å². The zero-order valence-electron chi connectivity index (χ0n) is 8.06. The van der Waals surface area contributed by atoms with Crippen LogP contribution in [0.5, 0.6) is 0 Å². The van der Waals surface area contributed by atoms with Crippen molar-refractivity contribution >= 4 is 12.1 Å². The molecule has 0 aromatic carbocycles. The molecule has 5 heteroatoms. The van der Waals surface area contributed by atoms with Gasteiger partial charge in [-0.2, -0.15) is 0 Å². The molecule has 0 atom stereocenters. The topological polar surface area (TPSA) is 72.8 Å². The highest BCUT2D eigenvalue weighted by Gasteiger charge is 2.28. The van der Waals surface area contributed by atoms with E-state index in [9.17, 15) is 9.59 Å². The second kappa shape index (κ2) is 4.83. The Balaban J connectivity index is 2.31. The molecule has 1 rings (SSSR count). The maximum Gasteiger partial charge on any atom is 0.506 e. The molecule has 0 saturated heterocycles. The van der Waals surface area contributed by atoms with Gasteiger partial charge in [0, 0.05) is 0 Å². The van der Waals surface area contributed by atoms with Gasteiger partial charge < -0.3 is 14.6 Å². The monoisotopic (exact) mass is 202 g/mol. The Kier molecular flexibility index (Phi) is 3.73. The average molecular weight is 202 g/mol. The molecule has 0 aliphatic heterocycles. The zero-order valence-corrected chi connectivity index (χ0v) is 8.06. The van der Waals surface area contributed by atoms with Crippen LogP contribution in [0.1, 0.15) is 25.7 Å². The molecule has 1 fully saturated rings. The predicted octanol–water partition coefficient (Wildman–Crippen LogP) is 1.41. The molecule has 0 bridgehead atoms. The summed E-state index contributed by atoms with van der Waals surface area (Å²) >= 11 is 0. The molecule has 0 amide bonds. The fourth-order valence-electron chi connectivity index (χ4n) is 1.73. The van der Waals surface area contributed by atoms with Crippen LogP contribution in [0.15, 0.2) is 0 Å². The van der Waals surface area contributed by atoms with E-state index in [-0.39, 0.29) is 18.0 Å². The van der Waals surface area contributed by atoms with Crippen molar-refractivity contribution in [3.8, 4) is 0 Å². The first-order valence-electron chi connectivity index (χ1n) is 4.61. The highest BCUT2D eigenvalue weighted by atomic mass is 16.7. The molecule has 1 aliphatic rings. The van der Waals surface area contributed by atoms with E-state index in [1.807, 2.05) is 0 Å². The lowest BCUT2D eigenvalue weighted by molar-refractivity contribution is -0.147. The summed E-state index contributed by atoms with van der Waals surface area (Å²) in [6.07, 6.45) is 0.993. The fraction of sp³-hybridized carbons (Fsp3) is 0.778. The third-order valence-corrected chi connectivity index (χ3v) is 2.48. The maximum absolute atomic E-state index is 11.1. The van der Waals surface area contributed by atoms with Crippen LogP contribution in [0.2, 0.25) is 0 Å². The van der Waals surface area contributed by atoms with Crippen LogP contribution in [0.4, 0.5) is 4.79 Å². The number of hydrogen-bond donors (Lipinski definition) is 1. The molecule has 0 heterocycles. The number of hydrogen-bond acceptors (Lipinski definition) is 4. The second-order valence-corrected chi connectivity index (χ2v) is 3.38. The van der Waals surface area contributed by atoms with Crippen molar-refractivity contribution in [2.75, 3.05) is 7.11 Å². The number of rotatable bonds is 2. The standard InChI is InChI=1S/C9H14O5/c1-13-8(10)6-2-4-7(5-3-6)14-9(11)12/h6-7H,2-5H2,1H3,(H,11,12). The molecule has 1 aliphatic carbocycles. The number of carbonyl (C=O) groups excluding carboxylic acids is 1. The van der Waals surface area contributed by atoms with Crippen LogP contribution in [-0.2, 0) is 14.3 Å². The van der Waals surface area contributed by atoms with Gasteiger partial charge in [0.2, 0.25) is 0 Å². The van der Waals surface area contributed by atoms with Gasteiger partial charge in [0.05, 0.1) is 13.0 Å². The first-order chi connectivity index (χ1) is 6.63. The van der Waals surface area contributed by atoms with Gasteiger partial charge in [0.1, 0.15) is 6.10 Å². The van der Waals surface area contributed by atoms with E-state index in [0.29, 0.717) is 25.7 Å². The molecule has 5 nitrogen and oxygen atoms in total. The van der Waals surface area contributed by atoms with Crippen LogP contribution >= 0.6 is 0 Å². The number of carboxylic acid groups (broad SMARTS) is 1. The summed E-state index contributed by atoms with van der Waals surface area (Å²) in [4.78, 5) is 21.3. The molecular weight excluding hydrogens is 188 g/mol. The van der Waals surface area contributed by atoms with E-state index < -0.39 is 6.16 Å². The molecule has 1 N–H and O–H groups in total. The van der Waals surface area contributed by atoms with Crippen molar-refractivity contribution in [3.05, 3.63) is 0 Å². The van der Waals surface area contributed by atoms with Crippen molar-refractivity contribution in [2.45, 2.75) is 31.8 Å². The van der Waals surface area contributed by atoms with Gasteiger partial charge in [0.15, 0.2) is 0 Å². The largest absolute Gasteiger partial charge is 0.506 e. The highest BCUT2D eigenvalue weighted by molar-refractivity contribution is 5.72. The quantitative estimate of drug-likeness (QED) is 0.685. The van der Waals surface area contributed by atoms with E-state index >= 15 is 0 Å². The smallest absolute Gasteiger partial charge is 0.469 e. The summed E-state index contributed by atoms with van der Waals surface area (Å²) < 4.78 is 9.23.